The maximum absolute atomic E-state index is 13.1. The summed E-state index contributed by atoms with van der Waals surface area (Å²) in [6, 6.07) is 5.21. The van der Waals surface area contributed by atoms with E-state index in [1.165, 1.54) is 12.1 Å². The van der Waals surface area contributed by atoms with Crippen LogP contribution in [0, 0.1) is 15.2 Å². The Morgan fingerprint density at radius 3 is 2.76 bits per heavy atom. The zero-order valence-electron chi connectivity index (χ0n) is 10.9. The van der Waals surface area contributed by atoms with Gasteiger partial charge in [0, 0.05) is 16.3 Å². The summed E-state index contributed by atoms with van der Waals surface area (Å²) in [6.45, 7) is 3.71. The predicted octanol–water partition coefficient (Wildman–Crippen LogP) is 3.54. The lowest BCUT2D eigenvalue weighted by atomic mass is 10.1. The Hall–Kier alpha value is -1.83. The normalized spacial score (nSPS) is 10.2. The molecule has 6 heteroatoms. The third kappa shape index (κ3) is 3.63. The van der Waals surface area contributed by atoms with Crippen molar-refractivity contribution < 1.29 is 13.6 Å². The van der Waals surface area contributed by atoms with Gasteiger partial charge in [-0.05, 0) is 52.4 Å². The predicted molar refractivity (Wildman–Crippen MR) is 84.6 cm³/mol. The second kappa shape index (κ2) is 6.75. The minimum Gasteiger partial charge on any atom is -0.348 e. The van der Waals surface area contributed by atoms with Crippen LogP contribution in [-0.4, -0.2) is 10.9 Å². The summed E-state index contributed by atoms with van der Waals surface area (Å²) in [5.41, 5.74) is 1.36. The Balaban J connectivity index is 2.15. The first-order valence-corrected chi connectivity index (χ1v) is 7.10. The zero-order valence-corrected chi connectivity index (χ0v) is 13.0. The summed E-state index contributed by atoms with van der Waals surface area (Å²) in [7, 11) is 0. The van der Waals surface area contributed by atoms with Crippen LogP contribution < -0.4 is 5.32 Å². The lowest BCUT2D eigenvalue weighted by molar-refractivity contribution is 0.0949. The largest absolute Gasteiger partial charge is 0.348 e. The number of carbonyl (C=O) groups is 1. The van der Waals surface area contributed by atoms with Gasteiger partial charge in [0.1, 0.15) is 0 Å². The molecule has 0 aliphatic carbocycles. The zero-order chi connectivity index (χ0) is 15.4. The molecule has 0 radical (unpaired) electrons. The van der Waals surface area contributed by atoms with Crippen molar-refractivity contribution in [1.82, 2.24) is 10.3 Å². The Kier molecular flexibility index (Phi) is 5.00. The van der Waals surface area contributed by atoms with E-state index < -0.39 is 11.6 Å². The van der Waals surface area contributed by atoms with Crippen molar-refractivity contribution in [3.8, 4) is 0 Å². The van der Waals surface area contributed by atoms with Crippen LogP contribution in [0.5, 0.6) is 0 Å². The molecule has 0 saturated carbocycles. The van der Waals surface area contributed by atoms with E-state index >= 15 is 0 Å². The van der Waals surface area contributed by atoms with E-state index in [4.69, 9.17) is 0 Å². The van der Waals surface area contributed by atoms with Gasteiger partial charge in [0.25, 0.3) is 5.91 Å². The van der Waals surface area contributed by atoms with Crippen molar-refractivity contribution >= 4 is 34.6 Å². The number of rotatable bonds is 4. The van der Waals surface area contributed by atoms with Gasteiger partial charge in [-0.2, -0.15) is 0 Å². The lowest BCUT2D eigenvalue weighted by Crippen LogP contribution is -2.25. The summed E-state index contributed by atoms with van der Waals surface area (Å²) >= 11 is 2.03. The first kappa shape index (κ1) is 15.6. The minimum atomic E-state index is -0.940. The third-order valence-electron chi connectivity index (χ3n) is 2.79. The number of hydrogen-bond donors (Lipinski definition) is 1. The number of pyridine rings is 1. The third-order valence-corrected chi connectivity index (χ3v) is 3.69. The molecule has 0 fully saturated rings. The summed E-state index contributed by atoms with van der Waals surface area (Å²) in [6.07, 6.45) is 3.08. The van der Waals surface area contributed by atoms with Gasteiger partial charge in [-0.3, -0.25) is 9.78 Å². The topological polar surface area (TPSA) is 42.0 Å². The van der Waals surface area contributed by atoms with Gasteiger partial charge in [0.05, 0.1) is 11.3 Å². The van der Waals surface area contributed by atoms with Crippen LogP contribution in [0.2, 0.25) is 0 Å². The van der Waals surface area contributed by atoms with Crippen LogP contribution >= 0.6 is 22.6 Å². The summed E-state index contributed by atoms with van der Waals surface area (Å²) in [5.74, 6) is -2.20. The summed E-state index contributed by atoms with van der Waals surface area (Å²) < 4.78 is 26.7. The van der Waals surface area contributed by atoms with Gasteiger partial charge in [0.2, 0.25) is 0 Å². The monoisotopic (exact) mass is 400 g/mol. The lowest BCUT2D eigenvalue weighted by Gasteiger charge is -2.09. The van der Waals surface area contributed by atoms with Crippen LogP contribution in [0.1, 0.15) is 21.6 Å². The van der Waals surface area contributed by atoms with Crippen LogP contribution in [0.3, 0.4) is 0 Å². The van der Waals surface area contributed by atoms with Gasteiger partial charge in [-0.1, -0.05) is 12.6 Å². The fourth-order valence-corrected chi connectivity index (χ4v) is 2.44. The average molecular weight is 400 g/mol. The smallest absolute Gasteiger partial charge is 0.254 e. The van der Waals surface area contributed by atoms with Crippen LogP contribution in [0.4, 0.5) is 8.78 Å². The number of aromatic nitrogens is 1. The second-order valence-electron chi connectivity index (χ2n) is 4.19. The van der Waals surface area contributed by atoms with Crippen LogP contribution in [-0.2, 0) is 6.54 Å². The molecule has 0 aliphatic rings. The highest BCUT2D eigenvalue weighted by Gasteiger charge is 2.14. The summed E-state index contributed by atoms with van der Waals surface area (Å²) in [4.78, 5) is 16.3. The summed E-state index contributed by atoms with van der Waals surface area (Å²) in [5, 5.41) is 2.66. The Morgan fingerprint density at radius 1 is 1.33 bits per heavy atom. The highest BCUT2D eigenvalue weighted by atomic mass is 127. The van der Waals surface area contributed by atoms with Crippen molar-refractivity contribution in [3.05, 3.63) is 69.1 Å². The molecule has 2 aromatic rings. The van der Waals surface area contributed by atoms with E-state index in [9.17, 15) is 13.6 Å². The van der Waals surface area contributed by atoms with E-state index in [0.29, 0.717) is 16.8 Å². The number of nitrogens with zero attached hydrogens (tertiary/aromatic N) is 1. The van der Waals surface area contributed by atoms with Gasteiger partial charge < -0.3 is 5.32 Å². The number of nitrogens with one attached hydrogen (secondary N) is 1. The molecule has 1 amide bonds. The maximum atomic E-state index is 13.1. The van der Waals surface area contributed by atoms with Crippen molar-refractivity contribution in [2.24, 2.45) is 0 Å². The van der Waals surface area contributed by atoms with E-state index in [2.05, 4.69) is 16.9 Å². The number of benzene rings is 1. The molecule has 1 aromatic heterocycles. The number of hydrogen-bond acceptors (Lipinski definition) is 2. The van der Waals surface area contributed by atoms with Crippen molar-refractivity contribution in [2.45, 2.75) is 6.54 Å². The molecular weight excluding hydrogens is 389 g/mol. The number of halogens is 3. The molecule has 21 heavy (non-hydrogen) atoms. The van der Waals surface area contributed by atoms with Crippen molar-refractivity contribution in [2.75, 3.05) is 0 Å². The molecule has 1 heterocycles. The molecule has 0 aliphatic heterocycles. The van der Waals surface area contributed by atoms with E-state index in [1.54, 1.807) is 12.3 Å². The standard InChI is InChI=1S/C15H11F2IN2O/c1-2-13-14(12(18)5-6-19-13)15(21)20-8-9-3-4-10(16)11(17)7-9/h2-7H,1,8H2,(H,20,21). The maximum Gasteiger partial charge on any atom is 0.254 e. The fraction of sp³-hybridized carbons (Fsp3) is 0.0667. The molecule has 0 unspecified atom stereocenters. The molecule has 0 atom stereocenters. The van der Waals surface area contributed by atoms with Gasteiger partial charge >= 0.3 is 0 Å². The Morgan fingerprint density at radius 2 is 2.10 bits per heavy atom. The molecule has 3 nitrogen and oxygen atoms in total. The molecular formula is C15H11F2IN2O. The van der Waals surface area contributed by atoms with Crippen LogP contribution in [0.15, 0.2) is 37.0 Å². The highest BCUT2D eigenvalue weighted by Crippen LogP contribution is 2.16. The van der Waals surface area contributed by atoms with Crippen molar-refractivity contribution in [1.29, 1.82) is 0 Å². The van der Waals surface area contributed by atoms with Gasteiger partial charge in [-0.15, -0.1) is 0 Å². The Labute approximate surface area is 134 Å². The SMILES string of the molecule is C=Cc1nccc(I)c1C(=O)NCc1ccc(F)c(F)c1. The molecule has 0 bridgehead atoms. The van der Waals surface area contributed by atoms with Crippen molar-refractivity contribution in [3.63, 3.8) is 0 Å². The minimum absolute atomic E-state index is 0.0948. The fourth-order valence-electron chi connectivity index (χ4n) is 1.75. The quantitative estimate of drug-likeness (QED) is 0.799. The Bertz CT molecular complexity index is 704. The van der Waals surface area contributed by atoms with Gasteiger partial charge in [0.15, 0.2) is 11.6 Å². The van der Waals surface area contributed by atoms with E-state index in [0.717, 1.165) is 15.7 Å². The highest BCUT2D eigenvalue weighted by molar-refractivity contribution is 14.1. The van der Waals surface area contributed by atoms with E-state index in [1.807, 2.05) is 22.6 Å². The molecule has 2 rings (SSSR count). The molecule has 108 valence electrons. The number of carbonyl (C=O) groups excluding carboxylic acids is 1. The van der Waals surface area contributed by atoms with Crippen LogP contribution in [0.25, 0.3) is 6.08 Å². The molecule has 1 N–H and O–H groups in total. The van der Waals surface area contributed by atoms with Gasteiger partial charge in [-0.25, -0.2) is 8.78 Å². The first-order chi connectivity index (χ1) is 10.0. The molecule has 1 aromatic carbocycles. The second-order valence-corrected chi connectivity index (χ2v) is 5.35. The first-order valence-electron chi connectivity index (χ1n) is 6.02. The van der Waals surface area contributed by atoms with E-state index in [-0.39, 0.29) is 12.5 Å². The average Bonchev–Trinajstić information content (AvgIpc) is 2.47. The molecule has 0 spiro atoms. The number of amides is 1. The molecule has 0 saturated heterocycles.